The summed E-state index contributed by atoms with van der Waals surface area (Å²) in [4.78, 5) is 43.6. The molecule has 32 heavy (non-hydrogen) atoms. The highest BCUT2D eigenvalue weighted by Gasteiger charge is 2.47. The zero-order chi connectivity index (χ0) is 22.4. The molecule has 0 radical (unpaired) electrons. The summed E-state index contributed by atoms with van der Waals surface area (Å²) in [6.07, 6.45) is 4.54. The van der Waals surface area contributed by atoms with Crippen molar-refractivity contribution in [1.82, 2.24) is 14.4 Å². The Kier molecular flexibility index (Phi) is 5.25. The molecule has 1 saturated heterocycles. The molecule has 2 atom stereocenters. The number of rotatable bonds is 5. The van der Waals surface area contributed by atoms with E-state index in [1.165, 1.54) is 13.3 Å². The lowest BCUT2D eigenvalue weighted by atomic mass is 10.0. The van der Waals surface area contributed by atoms with Crippen LogP contribution in [0.2, 0.25) is 0 Å². The van der Waals surface area contributed by atoms with Crippen molar-refractivity contribution < 1.29 is 19.1 Å². The molecule has 8 nitrogen and oxygen atoms in total. The Morgan fingerprint density at radius 1 is 1.12 bits per heavy atom. The molecule has 8 heteroatoms. The number of ether oxygens (including phenoxy) is 2. The molecule has 3 aliphatic rings. The van der Waals surface area contributed by atoms with E-state index in [2.05, 4.69) is 11.8 Å². The summed E-state index contributed by atoms with van der Waals surface area (Å²) < 4.78 is 12.5. The van der Waals surface area contributed by atoms with Gasteiger partial charge in [-0.2, -0.15) is 0 Å². The number of carbonyl (C=O) groups is 2. The molecule has 1 aromatic carbocycles. The minimum Gasteiger partial charge on any atom is -0.483 e. The molecule has 168 valence electrons. The lowest BCUT2D eigenvalue weighted by Gasteiger charge is -2.50. The van der Waals surface area contributed by atoms with E-state index in [4.69, 9.17) is 9.47 Å². The molecule has 3 heterocycles. The zero-order valence-electron chi connectivity index (χ0n) is 18.3. The van der Waals surface area contributed by atoms with Crippen molar-refractivity contribution in [3.05, 3.63) is 63.6 Å². The van der Waals surface area contributed by atoms with E-state index >= 15 is 0 Å². The molecule has 1 aromatic heterocycles. The number of nitrogens with zero attached hydrogens (tertiary/aromatic N) is 3. The minimum absolute atomic E-state index is 0.0635. The van der Waals surface area contributed by atoms with Crippen LogP contribution in [0, 0.1) is 0 Å². The van der Waals surface area contributed by atoms with Gasteiger partial charge in [-0.05, 0) is 31.7 Å². The molecule has 5 rings (SSSR count). The van der Waals surface area contributed by atoms with Crippen LogP contribution in [0.3, 0.4) is 0 Å². The molecule has 2 aliphatic heterocycles. The zero-order valence-corrected chi connectivity index (χ0v) is 18.3. The van der Waals surface area contributed by atoms with Crippen LogP contribution < -0.4 is 10.2 Å². The monoisotopic (exact) mass is 437 g/mol. The fourth-order valence-electron chi connectivity index (χ4n) is 4.86. The summed E-state index contributed by atoms with van der Waals surface area (Å²) in [5, 5.41) is 0. The first-order valence-electron chi connectivity index (χ1n) is 11.1. The van der Waals surface area contributed by atoms with E-state index in [9.17, 15) is 14.4 Å². The van der Waals surface area contributed by atoms with Crippen molar-refractivity contribution in [2.24, 2.45) is 0 Å². The topological polar surface area (TPSA) is 81.1 Å². The van der Waals surface area contributed by atoms with Crippen LogP contribution in [0.1, 0.15) is 52.6 Å². The summed E-state index contributed by atoms with van der Waals surface area (Å²) >= 11 is 0. The van der Waals surface area contributed by atoms with E-state index in [0.29, 0.717) is 12.6 Å². The van der Waals surface area contributed by atoms with E-state index in [1.807, 2.05) is 35.2 Å². The van der Waals surface area contributed by atoms with Gasteiger partial charge in [0.15, 0.2) is 11.4 Å². The number of amides is 1. The number of esters is 1. The Balaban J connectivity index is 1.59. The highest BCUT2D eigenvalue weighted by atomic mass is 16.5. The van der Waals surface area contributed by atoms with Gasteiger partial charge in [0.25, 0.3) is 5.91 Å². The lowest BCUT2D eigenvalue weighted by Crippen LogP contribution is -2.64. The van der Waals surface area contributed by atoms with E-state index in [-0.39, 0.29) is 41.7 Å². The highest BCUT2D eigenvalue weighted by molar-refractivity contribution is 5.98. The number of pyridine rings is 1. The Labute approximate surface area is 186 Å². The first-order chi connectivity index (χ1) is 15.5. The molecule has 1 saturated carbocycles. The molecule has 1 aliphatic carbocycles. The van der Waals surface area contributed by atoms with Crippen molar-refractivity contribution >= 4 is 11.9 Å². The van der Waals surface area contributed by atoms with Crippen LogP contribution in [-0.4, -0.2) is 58.1 Å². The maximum absolute atomic E-state index is 13.7. The molecule has 2 aromatic rings. The quantitative estimate of drug-likeness (QED) is 0.668. The van der Waals surface area contributed by atoms with Gasteiger partial charge in [0, 0.05) is 24.8 Å². The maximum Gasteiger partial charge on any atom is 0.343 e. The first kappa shape index (κ1) is 20.8. The smallest absolute Gasteiger partial charge is 0.343 e. The average Bonchev–Trinajstić information content (AvgIpc) is 3.64. The predicted molar refractivity (Wildman–Crippen MR) is 117 cm³/mol. The van der Waals surface area contributed by atoms with E-state index in [1.54, 1.807) is 4.57 Å². The number of benzene rings is 1. The fraction of sp³-hybridized carbons (Fsp3) is 0.458. The summed E-state index contributed by atoms with van der Waals surface area (Å²) in [5.74, 6) is -1.05. The standard InChI is InChI=1S/C24H27N3O5/c1-15-10-11-26(17-8-9-17)19-13-25-12-18(24(30)31-2)21(28)22(20(25)23(29)27(15)19)32-14-16-6-4-3-5-7-16/h3-7,12,15,17,19H,8-11,13-14H2,1-2H3/t15-,19-/m0/s1. The van der Waals surface area contributed by atoms with Crippen molar-refractivity contribution in [3.63, 3.8) is 0 Å². The number of methoxy groups -OCH3 is 1. The Morgan fingerprint density at radius 3 is 2.56 bits per heavy atom. The summed E-state index contributed by atoms with van der Waals surface area (Å²) in [6, 6.07) is 9.97. The predicted octanol–water partition coefficient (Wildman–Crippen LogP) is 2.25. The van der Waals surface area contributed by atoms with Crippen LogP contribution in [0.15, 0.2) is 41.3 Å². The Bertz CT molecular complexity index is 1110. The lowest BCUT2D eigenvalue weighted by molar-refractivity contribution is -0.0364. The second-order valence-corrected chi connectivity index (χ2v) is 8.77. The van der Waals surface area contributed by atoms with Crippen LogP contribution in [0.25, 0.3) is 0 Å². The van der Waals surface area contributed by atoms with Gasteiger partial charge in [0.1, 0.15) is 18.3 Å². The molecule has 0 bridgehead atoms. The number of fused-ring (bicyclic) bond motifs is 2. The highest BCUT2D eigenvalue weighted by Crippen LogP contribution is 2.37. The van der Waals surface area contributed by atoms with Crippen molar-refractivity contribution in [3.8, 4) is 5.75 Å². The summed E-state index contributed by atoms with van der Waals surface area (Å²) in [7, 11) is 1.24. The Morgan fingerprint density at radius 2 is 1.88 bits per heavy atom. The van der Waals surface area contributed by atoms with Crippen molar-refractivity contribution in [2.75, 3.05) is 13.7 Å². The molecular formula is C24H27N3O5. The van der Waals surface area contributed by atoms with Crippen LogP contribution in [0.4, 0.5) is 0 Å². The van der Waals surface area contributed by atoms with Gasteiger partial charge in [-0.15, -0.1) is 0 Å². The van der Waals surface area contributed by atoms with E-state index < -0.39 is 11.4 Å². The normalized spacial score (nSPS) is 22.8. The van der Waals surface area contributed by atoms with Crippen LogP contribution >= 0.6 is 0 Å². The van der Waals surface area contributed by atoms with Gasteiger partial charge in [0.2, 0.25) is 5.43 Å². The third kappa shape index (κ3) is 3.48. The SMILES string of the molecule is COC(=O)c1cn2c(c(OCc3ccccc3)c1=O)C(=O)N1[C@@H](C)CCN(C3CC3)[C@@H]1C2. The third-order valence-electron chi connectivity index (χ3n) is 6.67. The van der Waals surface area contributed by atoms with Gasteiger partial charge < -0.3 is 18.9 Å². The number of carbonyl (C=O) groups excluding carboxylic acids is 2. The third-order valence-corrected chi connectivity index (χ3v) is 6.67. The number of aromatic nitrogens is 1. The van der Waals surface area contributed by atoms with Gasteiger partial charge in [-0.3, -0.25) is 14.5 Å². The van der Waals surface area contributed by atoms with Gasteiger partial charge in [0.05, 0.1) is 13.7 Å². The first-order valence-corrected chi connectivity index (χ1v) is 11.1. The molecule has 0 spiro atoms. The molecule has 0 unspecified atom stereocenters. The number of hydrogen-bond acceptors (Lipinski definition) is 6. The van der Waals surface area contributed by atoms with Gasteiger partial charge in [-0.1, -0.05) is 30.3 Å². The van der Waals surface area contributed by atoms with Gasteiger partial charge in [-0.25, -0.2) is 4.79 Å². The molecule has 0 N–H and O–H groups in total. The van der Waals surface area contributed by atoms with Crippen molar-refractivity contribution in [2.45, 2.75) is 57.6 Å². The molecular weight excluding hydrogens is 410 g/mol. The fourth-order valence-corrected chi connectivity index (χ4v) is 4.86. The average molecular weight is 437 g/mol. The largest absolute Gasteiger partial charge is 0.483 e. The second kappa shape index (κ2) is 8.09. The summed E-state index contributed by atoms with van der Waals surface area (Å²) in [6.45, 7) is 3.59. The second-order valence-electron chi connectivity index (χ2n) is 8.77. The van der Waals surface area contributed by atoms with E-state index in [0.717, 1.165) is 31.4 Å². The minimum atomic E-state index is -0.735. The Hall–Kier alpha value is -3.13. The molecule has 2 fully saturated rings. The van der Waals surface area contributed by atoms with Crippen molar-refractivity contribution in [1.29, 1.82) is 0 Å². The van der Waals surface area contributed by atoms with Crippen LogP contribution in [-0.2, 0) is 17.9 Å². The van der Waals surface area contributed by atoms with Gasteiger partial charge >= 0.3 is 5.97 Å². The molecule has 1 amide bonds. The number of hydrogen-bond donors (Lipinski definition) is 0. The van der Waals surface area contributed by atoms with Crippen LogP contribution in [0.5, 0.6) is 5.75 Å². The maximum atomic E-state index is 13.7. The summed E-state index contributed by atoms with van der Waals surface area (Å²) in [5.41, 5.74) is 0.331.